The second-order valence-electron chi connectivity index (χ2n) is 4.30. The Balaban J connectivity index is 2.46. The molecule has 98 valence electrons. The van der Waals surface area contributed by atoms with Gasteiger partial charge in [0.2, 0.25) is 0 Å². The average Bonchev–Trinajstić information content (AvgIpc) is 2.38. The van der Waals surface area contributed by atoms with E-state index in [2.05, 4.69) is 0 Å². The Labute approximate surface area is 112 Å². The van der Waals surface area contributed by atoms with E-state index >= 15 is 0 Å². The molecule has 0 aliphatic heterocycles. The van der Waals surface area contributed by atoms with E-state index in [1.165, 1.54) is 28.3 Å². The van der Waals surface area contributed by atoms with Gasteiger partial charge >= 0.3 is 0 Å². The molecule has 19 heavy (non-hydrogen) atoms. The Kier molecular flexibility index (Phi) is 3.77. The van der Waals surface area contributed by atoms with E-state index in [1.807, 2.05) is 12.1 Å². The number of Topliss-reactive ketones (excluding diaryl/α,β-unsaturated/α-hetero) is 1. The van der Waals surface area contributed by atoms with Crippen LogP contribution in [0.2, 0.25) is 0 Å². The highest BCUT2D eigenvalue weighted by Crippen LogP contribution is 2.36. The molecular formula is C15H13F2OP. The Bertz CT molecular complexity index is 600. The molecule has 1 atom stereocenters. The third-order valence-corrected chi connectivity index (χ3v) is 3.22. The van der Waals surface area contributed by atoms with Crippen molar-refractivity contribution in [3.8, 4) is 11.1 Å². The van der Waals surface area contributed by atoms with Gasteiger partial charge in [-0.1, -0.05) is 57.8 Å². The maximum atomic E-state index is 13.1. The number of halogens is 2. The Hall–Kier alpha value is -1.60. The summed E-state index contributed by atoms with van der Waals surface area (Å²) in [6, 6.07) is 13.1. The van der Waals surface area contributed by atoms with Crippen molar-refractivity contribution < 1.29 is 13.6 Å². The van der Waals surface area contributed by atoms with Crippen LogP contribution in [-0.4, -0.2) is 5.78 Å². The van der Waals surface area contributed by atoms with Crippen molar-refractivity contribution in [1.29, 1.82) is 0 Å². The quantitative estimate of drug-likeness (QED) is 0.597. The lowest BCUT2D eigenvalue weighted by molar-refractivity contribution is 0.101. The lowest BCUT2D eigenvalue weighted by Gasteiger charge is -2.12. The van der Waals surface area contributed by atoms with Crippen molar-refractivity contribution in [1.82, 2.24) is 0 Å². The van der Waals surface area contributed by atoms with Crippen LogP contribution in [0.5, 0.6) is 0 Å². The predicted molar refractivity (Wildman–Crippen MR) is 75.5 cm³/mol. The van der Waals surface area contributed by atoms with E-state index in [-0.39, 0.29) is 11.3 Å². The molecule has 0 saturated heterocycles. The summed E-state index contributed by atoms with van der Waals surface area (Å²) in [5.74, 6) is -0.0453. The van der Waals surface area contributed by atoms with Crippen LogP contribution in [0.3, 0.4) is 0 Å². The second kappa shape index (κ2) is 5.18. The Morgan fingerprint density at radius 2 is 1.63 bits per heavy atom. The van der Waals surface area contributed by atoms with Gasteiger partial charge in [0.05, 0.1) is 0 Å². The summed E-state index contributed by atoms with van der Waals surface area (Å²) in [7, 11) is 1.51. The fourth-order valence-corrected chi connectivity index (χ4v) is 2.11. The maximum Gasteiger partial charge on any atom is 0.283 e. The third kappa shape index (κ3) is 3.05. The van der Waals surface area contributed by atoms with Gasteiger partial charge in [-0.25, -0.2) is 0 Å². The standard InChI is InChI=1S/C15H13F2OP/c1-10(18)13-4-2-3-5-14(13)11-6-8-12(9-7-11)15(16,17)19/h2-9H,19H2,1H3. The first-order valence-electron chi connectivity index (χ1n) is 5.77. The number of alkyl halides is 2. The van der Waals surface area contributed by atoms with E-state index in [9.17, 15) is 13.6 Å². The van der Waals surface area contributed by atoms with Crippen LogP contribution in [0.1, 0.15) is 22.8 Å². The van der Waals surface area contributed by atoms with Gasteiger partial charge in [0, 0.05) is 11.1 Å². The molecule has 0 fully saturated rings. The van der Waals surface area contributed by atoms with Gasteiger partial charge in [-0.05, 0) is 18.1 Å². The molecule has 2 aromatic rings. The van der Waals surface area contributed by atoms with Gasteiger partial charge in [0.25, 0.3) is 5.66 Å². The second-order valence-corrected chi connectivity index (χ2v) is 5.03. The van der Waals surface area contributed by atoms with E-state index in [0.29, 0.717) is 5.56 Å². The van der Waals surface area contributed by atoms with Crippen LogP contribution in [0, 0.1) is 0 Å². The van der Waals surface area contributed by atoms with Gasteiger partial charge in [-0.15, -0.1) is 0 Å². The number of benzene rings is 2. The minimum absolute atomic E-state index is 0.0453. The summed E-state index contributed by atoms with van der Waals surface area (Å²) < 4.78 is 26.2. The van der Waals surface area contributed by atoms with E-state index in [4.69, 9.17) is 0 Å². The van der Waals surface area contributed by atoms with Crippen LogP contribution >= 0.6 is 9.24 Å². The fourth-order valence-electron chi connectivity index (χ4n) is 1.91. The lowest BCUT2D eigenvalue weighted by atomic mass is 9.97. The molecule has 2 rings (SSSR count). The molecule has 0 radical (unpaired) electrons. The number of ketones is 1. The highest BCUT2D eigenvalue weighted by atomic mass is 31.0. The van der Waals surface area contributed by atoms with Crippen molar-refractivity contribution in [3.05, 3.63) is 59.7 Å². The summed E-state index contributed by atoms with van der Waals surface area (Å²) in [4.78, 5) is 11.5. The molecule has 0 N–H and O–H groups in total. The minimum atomic E-state index is -2.93. The molecule has 0 aliphatic carbocycles. The van der Waals surface area contributed by atoms with Gasteiger partial charge in [-0.2, -0.15) is 8.78 Å². The average molecular weight is 278 g/mol. The van der Waals surface area contributed by atoms with E-state index in [0.717, 1.165) is 11.1 Å². The molecule has 0 spiro atoms. The van der Waals surface area contributed by atoms with Crippen LogP contribution in [0.4, 0.5) is 8.78 Å². The molecule has 0 saturated carbocycles. The van der Waals surface area contributed by atoms with Gasteiger partial charge in [0.1, 0.15) is 0 Å². The van der Waals surface area contributed by atoms with Crippen LogP contribution in [0.15, 0.2) is 48.5 Å². The maximum absolute atomic E-state index is 13.1. The summed E-state index contributed by atoms with van der Waals surface area (Å²) in [5, 5.41) is 0. The number of hydrogen-bond acceptors (Lipinski definition) is 1. The Morgan fingerprint density at radius 3 is 2.16 bits per heavy atom. The van der Waals surface area contributed by atoms with Crippen molar-refractivity contribution in [3.63, 3.8) is 0 Å². The molecule has 0 heterocycles. The van der Waals surface area contributed by atoms with Gasteiger partial charge in [-0.3, -0.25) is 4.79 Å². The van der Waals surface area contributed by atoms with Crippen LogP contribution in [0.25, 0.3) is 11.1 Å². The molecule has 4 heteroatoms. The molecule has 1 unspecified atom stereocenters. The fraction of sp³-hybridized carbons (Fsp3) is 0.133. The van der Waals surface area contributed by atoms with Crippen LogP contribution in [-0.2, 0) is 5.66 Å². The van der Waals surface area contributed by atoms with Crippen molar-refractivity contribution in [2.75, 3.05) is 0 Å². The van der Waals surface area contributed by atoms with Gasteiger partial charge in [0.15, 0.2) is 5.78 Å². The third-order valence-electron chi connectivity index (χ3n) is 2.89. The highest BCUT2D eigenvalue weighted by Gasteiger charge is 2.24. The Morgan fingerprint density at radius 1 is 1.05 bits per heavy atom. The number of carbonyl (C=O) groups excluding carboxylic acids is 1. The lowest BCUT2D eigenvalue weighted by Crippen LogP contribution is -2.02. The van der Waals surface area contributed by atoms with E-state index in [1.54, 1.807) is 24.3 Å². The summed E-state index contributed by atoms with van der Waals surface area (Å²) in [6.45, 7) is 1.49. The largest absolute Gasteiger partial charge is 0.294 e. The molecule has 0 aromatic heterocycles. The van der Waals surface area contributed by atoms with Gasteiger partial charge < -0.3 is 0 Å². The normalized spacial score (nSPS) is 11.4. The summed E-state index contributed by atoms with van der Waals surface area (Å²) in [5.41, 5.74) is -0.898. The van der Waals surface area contributed by atoms with Crippen molar-refractivity contribution in [2.45, 2.75) is 12.6 Å². The number of hydrogen-bond donors (Lipinski definition) is 0. The first kappa shape index (κ1) is 13.8. The molecule has 2 aromatic carbocycles. The molecule has 0 aliphatic rings. The smallest absolute Gasteiger partial charge is 0.283 e. The van der Waals surface area contributed by atoms with E-state index < -0.39 is 5.66 Å². The first-order chi connectivity index (χ1) is 8.89. The van der Waals surface area contributed by atoms with Crippen LogP contribution < -0.4 is 0 Å². The number of carbonyl (C=O) groups is 1. The van der Waals surface area contributed by atoms with Crippen molar-refractivity contribution >= 4 is 15.0 Å². The zero-order valence-electron chi connectivity index (χ0n) is 10.4. The zero-order chi connectivity index (χ0) is 14.0. The van der Waals surface area contributed by atoms with Crippen molar-refractivity contribution in [2.24, 2.45) is 0 Å². The monoisotopic (exact) mass is 278 g/mol. The molecule has 1 nitrogen and oxygen atoms in total. The topological polar surface area (TPSA) is 17.1 Å². The summed E-state index contributed by atoms with van der Waals surface area (Å²) in [6.07, 6.45) is 0. The SMILES string of the molecule is CC(=O)c1ccccc1-c1ccc(C(F)(F)P)cc1. The highest BCUT2D eigenvalue weighted by molar-refractivity contribution is 7.17. The summed E-state index contributed by atoms with van der Waals surface area (Å²) >= 11 is 0. The molecule has 0 amide bonds. The first-order valence-corrected chi connectivity index (χ1v) is 6.35. The minimum Gasteiger partial charge on any atom is -0.294 e. The predicted octanol–water partition coefficient (Wildman–Crippen LogP) is 4.48. The zero-order valence-corrected chi connectivity index (χ0v) is 11.5. The molecular weight excluding hydrogens is 265 g/mol. The molecule has 0 bridgehead atoms. The number of rotatable bonds is 3.